The number of aromatic nitrogens is 2. The van der Waals surface area contributed by atoms with Crippen molar-refractivity contribution in [2.75, 3.05) is 19.9 Å². The topological polar surface area (TPSA) is 102 Å². The number of hydrogen-bond acceptors (Lipinski definition) is 6. The maximum atomic E-state index is 12.9. The molecule has 2 aromatic carbocycles. The summed E-state index contributed by atoms with van der Waals surface area (Å²) in [6.45, 7) is 0.662. The minimum atomic E-state index is -3.55. The molecule has 1 aromatic heterocycles. The summed E-state index contributed by atoms with van der Waals surface area (Å²) in [5.74, 6) is 1.01. The number of halogens is 1. The monoisotopic (exact) mass is 459 g/mol. The van der Waals surface area contributed by atoms with E-state index < -0.39 is 15.1 Å². The van der Waals surface area contributed by atoms with Crippen LogP contribution in [-0.4, -0.2) is 54.6 Å². The highest BCUT2D eigenvalue weighted by Gasteiger charge is 2.36. The van der Waals surface area contributed by atoms with Crippen LogP contribution in [0.1, 0.15) is 16.9 Å². The predicted molar refractivity (Wildman–Crippen MR) is 113 cm³/mol. The molecule has 31 heavy (non-hydrogen) atoms. The van der Waals surface area contributed by atoms with Gasteiger partial charge in [0.25, 0.3) is 5.91 Å². The first-order valence-electron chi connectivity index (χ1n) is 9.66. The molecule has 0 bridgehead atoms. The number of aromatic amines is 1. The molecule has 160 valence electrons. The zero-order chi connectivity index (χ0) is 21.6. The minimum Gasteiger partial charge on any atom is -0.454 e. The number of likely N-dealkylation sites (tertiary alicyclic amines) is 1. The summed E-state index contributed by atoms with van der Waals surface area (Å²) in [6.07, 6.45) is 0.375. The lowest BCUT2D eigenvalue weighted by Crippen LogP contribution is -2.32. The van der Waals surface area contributed by atoms with Crippen LogP contribution in [0.15, 0.2) is 53.4 Å². The highest BCUT2D eigenvalue weighted by atomic mass is 35.5. The van der Waals surface area contributed by atoms with Gasteiger partial charge in [-0.05, 0) is 55.0 Å². The molecule has 0 radical (unpaired) electrons. The van der Waals surface area contributed by atoms with E-state index in [9.17, 15) is 13.2 Å². The van der Waals surface area contributed by atoms with Crippen molar-refractivity contribution in [3.05, 3.63) is 59.2 Å². The van der Waals surface area contributed by atoms with Crippen molar-refractivity contribution >= 4 is 27.3 Å². The van der Waals surface area contributed by atoms with Crippen LogP contribution in [0.25, 0.3) is 11.3 Å². The van der Waals surface area contributed by atoms with Gasteiger partial charge in [-0.25, -0.2) is 8.42 Å². The molecule has 2 aliphatic rings. The van der Waals surface area contributed by atoms with Gasteiger partial charge in [-0.3, -0.25) is 9.89 Å². The third-order valence-corrected chi connectivity index (χ3v) is 7.93. The van der Waals surface area contributed by atoms with E-state index in [2.05, 4.69) is 10.2 Å². The van der Waals surface area contributed by atoms with Crippen LogP contribution in [0.3, 0.4) is 0 Å². The molecule has 1 amide bonds. The molecule has 10 heteroatoms. The lowest BCUT2D eigenvalue weighted by Gasteiger charge is -2.16. The van der Waals surface area contributed by atoms with E-state index in [1.165, 1.54) is 17.0 Å². The molecule has 2 aliphatic heterocycles. The molecule has 1 atom stereocenters. The predicted octanol–water partition coefficient (Wildman–Crippen LogP) is 3.15. The SMILES string of the molecule is O=C(c1cc(-c2ccc3c(c2)OCO3)n[nH]1)N1CCC(S(=O)(=O)c2ccc(Cl)cc2)C1. The Balaban J connectivity index is 1.31. The number of nitrogens with one attached hydrogen (secondary N) is 1. The lowest BCUT2D eigenvalue weighted by molar-refractivity contribution is 0.0787. The van der Waals surface area contributed by atoms with Crippen molar-refractivity contribution in [3.63, 3.8) is 0 Å². The second-order valence-corrected chi connectivity index (χ2v) is 10.1. The smallest absolute Gasteiger partial charge is 0.271 e. The first-order valence-corrected chi connectivity index (χ1v) is 11.6. The van der Waals surface area contributed by atoms with Crippen molar-refractivity contribution in [3.8, 4) is 22.8 Å². The fourth-order valence-electron chi connectivity index (χ4n) is 3.79. The fourth-order valence-corrected chi connectivity index (χ4v) is 5.61. The molecule has 0 spiro atoms. The molecule has 1 saturated heterocycles. The number of ether oxygens (including phenoxy) is 2. The Labute approximate surface area is 183 Å². The molecule has 0 saturated carbocycles. The van der Waals surface area contributed by atoms with E-state index in [-0.39, 0.29) is 24.1 Å². The maximum Gasteiger partial charge on any atom is 0.271 e. The number of carbonyl (C=O) groups is 1. The summed E-state index contributed by atoms with van der Waals surface area (Å²) in [5, 5.41) is 6.80. The van der Waals surface area contributed by atoms with Gasteiger partial charge in [0.05, 0.1) is 15.8 Å². The van der Waals surface area contributed by atoms with E-state index in [4.69, 9.17) is 21.1 Å². The minimum absolute atomic E-state index is 0.127. The summed E-state index contributed by atoms with van der Waals surface area (Å²) in [7, 11) is -3.55. The molecule has 3 heterocycles. The second kappa shape index (κ2) is 7.58. The van der Waals surface area contributed by atoms with Crippen LogP contribution >= 0.6 is 11.6 Å². The average Bonchev–Trinajstić information content (AvgIpc) is 3.53. The first kappa shape index (κ1) is 19.9. The molecule has 8 nitrogen and oxygen atoms in total. The standard InChI is InChI=1S/C21H18ClN3O5S/c22-14-2-4-15(5-3-14)31(27,28)16-7-8-25(11-16)21(26)18-10-17(23-24-18)13-1-6-19-20(9-13)30-12-29-19/h1-6,9-10,16H,7-8,11-12H2,(H,23,24). The zero-order valence-corrected chi connectivity index (χ0v) is 17.8. The number of carbonyl (C=O) groups excluding carboxylic acids is 1. The van der Waals surface area contributed by atoms with Gasteiger partial charge in [-0.15, -0.1) is 0 Å². The Morgan fingerprint density at radius 3 is 2.68 bits per heavy atom. The van der Waals surface area contributed by atoms with Gasteiger partial charge in [0.2, 0.25) is 6.79 Å². The Kier molecular flexibility index (Phi) is 4.86. The van der Waals surface area contributed by atoms with E-state index in [1.807, 2.05) is 6.07 Å². The molecular weight excluding hydrogens is 442 g/mol. The van der Waals surface area contributed by atoms with Crippen LogP contribution in [-0.2, 0) is 9.84 Å². The average molecular weight is 460 g/mol. The summed E-state index contributed by atoms with van der Waals surface area (Å²) >= 11 is 5.86. The molecule has 0 aliphatic carbocycles. The summed E-state index contributed by atoms with van der Waals surface area (Å²) < 4.78 is 36.5. The van der Waals surface area contributed by atoms with Crippen LogP contribution in [0, 0.1) is 0 Å². The number of rotatable bonds is 4. The van der Waals surface area contributed by atoms with Crippen LogP contribution in [0.2, 0.25) is 5.02 Å². The zero-order valence-electron chi connectivity index (χ0n) is 16.2. The second-order valence-electron chi connectivity index (χ2n) is 7.40. The van der Waals surface area contributed by atoms with Crippen molar-refractivity contribution < 1.29 is 22.7 Å². The van der Waals surface area contributed by atoms with Gasteiger partial charge in [-0.2, -0.15) is 5.10 Å². The van der Waals surface area contributed by atoms with Gasteiger partial charge < -0.3 is 14.4 Å². The summed E-state index contributed by atoms with van der Waals surface area (Å²) in [4.78, 5) is 14.7. The lowest BCUT2D eigenvalue weighted by atomic mass is 10.1. The number of fused-ring (bicyclic) bond motifs is 1. The molecule has 5 rings (SSSR count). The van der Waals surface area contributed by atoms with Crippen molar-refractivity contribution in [1.29, 1.82) is 0 Å². The summed E-state index contributed by atoms with van der Waals surface area (Å²) in [6, 6.07) is 13.2. The van der Waals surface area contributed by atoms with Gasteiger partial charge in [0.15, 0.2) is 21.3 Å². The van der Waals surface area contributed by atoms with Crippen LogP contribution in [0.4, 0.5) is 0 Å². The highest BCUT2D eigenvalue weighted by molar-refractivity contribution is 7.92. The normalized spacial score (nSPS) is 17.8. The Morgan fingerprint density at radius 1 is 1.10 bits per heavy atom. The third kappa shape index (κ3) is 3.64. The van der Waals surface area contributed by atoms with Crippen molar-refractivity contribution in [2.24, 2.45) is 0 Å². The number of nitrogens with zero attached hydrogens (tertiary/aromatic N) is 2. The van der Waals surface area contributed by atoms with Crippen molar-refractivity contribution in [1.82, 2.24) is 15.1 Å². The molecule has 1 N–H and O–H groups in total. The van der Waals surface area contributed by atoms with Crippen LogP contribution < -0.4 is 9.47 Å². The van der Waals surface area contributed by atoms with E-state index in [1.54, 1.807) is 30.3 Å². The van der Waals surface area contributed by atoms with E-state index in [0.29, 0.717) is 40.9 Å². The van der Waals surface area contributed by atoms with Gasteiger partial charge >= 0.3 is 0 Å². The fraction of sp³-hybridized carbons (Fsp3) is 0.238. The van der Waals surface area contributed by atoms with Crippen molar-refractivity contribution in [2.45, 2.75) is 16.6 Å². The Hall–Kier alpha value is -3.04. The summed E-state index contributed by atoms with van der Waals surface area (Å²) in [5.41, 5.74) is 1.67. The van der Waals surface area contributed by atoms with E-state index >= 15 is 0 Å². The highest BCUT2D eigenvalue weighted by Crippen LogP contribution is 2.35. The van der Waals surface area contributed by atoms with E-state index in [0.717, 1.165) is 5.56 Å². The van der Waals surface area contributed by atoms with Crippen LogP contribution in [0.5, 0.6) is 11.5 Å². The van der Waals surface area contributed by atoms with Gasteiger partial charge in [0, 0.05) is 23.7 Å². The molecular formula is C21H18ClN3O5S. The maximum absolute atomic E-state index is 12.9. The largest absolute Gasteiger partial charge is 0.454 e. The Morgan fingerprint density at radius 2 is 1.87 bits per heavy atom. The molecule has 1 fully saturated rings. The number of sulfone groups is 1. The number of benzene rings is 2. The first-order chi connectivity index (χ1) is 14.9. The van der Waals surface area contributed by atoms with Gasteiger partial charge in [0.1, 0.15) is 5.69 Å². The number of amides is 1. The van der Waals surface area contributed by atoms with Gasteiger partial charge in [-0.1, -0.05) is 11.6 Å². The molecule has 3 aromatic rings. The third-order valence-electron chi connectivity index (χ3n) is 5.49. The number of hydrogen-bond donors (Lipinski definition) is 1. The quantitative estimate of drug-likeness (QED) is 0.643. The Bertz CT molecular complexity index is 1260. The number of H-pyrrole nitrogens is 1. The molecule has 1 unspecified atom stereocenters.